The molecule has 32 heavy (non-hydrogen) atoms. The van der Waals surface area contributed by atoms with Crippen molar-refractivity contribution >= 4 is 28.6 Å². The maximum atomic E-state index is 14.9. The van der Waals surface area contributed by atoms with Crippen LogP contribution in [-0.4, -0.2) is 43.3 Å². The van der Waals surface area contributed by atoms with Crippen molar-refractivity contribution in [3.05, 3.63) is 65.6 Å². The maximum Gasteiger partial charge on any atom is 0.314 e. The SMILES string of the molecule is O=S(N1CCSCC1)N(Cc1ccc(-c2nnc(C(F)F)o2)cc1F)c1cccc(F)c1. The number of hydrogen-bond donors (Lipinski definition) is 0. The second kappa shape index (κ2) is 10.0. The number of rotatable bonds is 7. The molecule has 0 bridgehead atoms. The lowest BCUT2D eigenvalue weighted by Gasteiger charge is -2.32. The van der Waals surface area contributed by atoms with E-state index < -0.39 is 35.1 Å². The Morgan fingerprint density at radius 2 is 1.91 bits per heavy atom. The van der Waals surface area contributed by atoms with Crippen molar-refractivity contribution in [1.82, 2.24) is 14.5 Å². The van der Waals surface area contributed by atoms with E-state index in [1.807, 2.05) is 0 Å². The van der Waals surface area contributed by atoms with Gasteiger partial charge in [0, 0.05) is 35.7 Å². The van der Waals surface area contributed by atoms with Gasteiger partial charge in [-0.3, -0.25) is 4.31 Å². The molecule has 1 unspecified atom stereocenters. The third-order valence-electron chi connectivity index (χ3n) is 4.72. The minimum Gasteiger partial charge on any atom is -0.415 e. The van der Waals surface area contributed by atoms with Gasteiger partial charge in [-0.15, -0.1) is 10.2 Å². The summed E-state index contributed by atoms with van der Waals surface area (Å²) in [5.74, 6) is -0.626. The van der Waals surface area contributed by atoms with Crippen molar-refractivity contribution in [2.24, 2.45) is 0 Å². The lowest BCUT2D eigenvalue weighted by atomic mass is 10.1. The van der Waals surface area contributed by atoms with Crippen LogP contribution >= 0.6 is 11.8 Å². The molecule has 0 saturated carbocycles. The molecule has 1 fully saturated rings. The first-order chi connectivity index (χ1) is 15.4. The van der Waals surface area contributed by atoms with Gasteiger partial charge in [-0.1, -0.05) is 12.1 Å². The second-order valence-corrected chi connectivity index (χ2v) is 9.48. The van der Waals surface area contributed by atoms with Crippen LogP contribution in [0.2, 0.25) is 0 Å². The van der Waals surface area contributed by atoms with E-state index in [-0.39, 0.29) is 23.6 Å². The van der Waals surface area contributed by atoms with Crippen molar-refractivity contribution in [2.45, 2.75) is 13.0 Å². The summed E-state index contributed by atoms with van der Waals surface area (Å²) < 4.78 is 75.4. The summed E-state index contributed by atoms with van der Waals surface area (Å²) in [5.41, 5.74) is 0.673. The Balaban J connectivity index is 1.61. The molecule has 1 aliphatic heterocycles. The molecular weight excluding hydrogens is 468 g/mol. The van der Waals surface area contributed by atoms with Crippen molar-refractivity contribution in [3.63, 3.8) is 0 Å². The Kier molecular flexibility index (Phi) is 7.11. The number of halogens is 4. The number of alkyl halides is 2. The van der Waals surface area contributed by atoms with Gasteiger partial charge >= 0.3 is 6.43 Å². The molecule has 0 aliphatic carbocycles. The summed E-state index contributed by atoms with van der Waals surface area (Å²) in [6.45, 7) is 1.08. The van der Waals surface area contributed by atoms with Gasteiger partial charge in [0.1, 0.15) is 11.6 Å². The minimum absolute atomic E-state index is 0.0993. The normalized spacial score (nSPS) is 15.8. The molecule has 1 atom stereocenters. The van der Waals surface area contributed by atoms with Gasteiger partial charge in [-0.25, -0.2) is 17.3 Å². The Hall–Kier alpha value is -2.44. The molecule has 0 N–H and O–H groups in total. The fraction of sp³-hybridized carbons (Fsp3) is 0.300. The van der Waals surface area contributed by atoms with Gasteiger partial charge in [0.2, 0.25) is 5.89 Å². The molecule has 2 aromatic carbocycles. The molecule has 12 heteroatoms. The lowest BCUT2D eigenvalue weighted by molar-refractivity contribution is 0.116. The molecule has 4 rings (SSSR count). The first kappa shape index (κ1) is 22.7. The van der Waals surface area contributed by atoms with Crippen LogP contribution in [0.5, 0.6) is 0 Å². The molecule has 1 aromatic heterocycles. The molecule has 1 saturated heterocycles. The second-order valence-electron chi connectivity index (χ2n) is 6.84. The largest absolute Gasteiger partial charge is 0.415 e. The van der Waals surface area contributed by atoms with Crippen LogP contribution < -0.4 is 4.31 Å². The van der Waals surface area contributed by atoms with E-state index in [1.54, 1.807) is 22.1 Å². The van der Waals surface area contributed by atoms with Crippen LogP contribution in [0.1, 0.15) is 17.9 Å². The zero-order valence-corrected chi connectivity index (χ0v) is 18.2. The van der Waals surface area contributed by atoms with E-state index >= 15 is 0 Å². The summed E-state index contributed by atoms with van der Waals surface area (Å²) in [4.78, 5) is 0. The van der Waals surface area contributed by atoms with E-state index in [0.29, 0.717) is 18.8 Å². The average Bonchev–Trinajstić information content (AvgIpc) is 3.29. The standard InChI is InChI=1S/C20H18F4N4O2S2/c21-15-2-1-3-16(11-15)28(32(29)27-6-8-31-9-7-27)12-14-5-4-13(10-17(14)22)19-25-26-20(30-19)18(23)24/h1-5,10-11,18H,6-9,12H2. The molecule has 170 valence electrons. The lowest BCUT2D eigenvalue weighted by Crippen LogP contribution is -2.42. The molecule has 6 nitrogen and oxygen atoms in total. The number of benzene rings is 2. The highest BCUT2D eigenvalue weighted by atomic mass is 32.2. The minimum atomic E-state index is -2.93. The molecule has 0 spiro atoms. The van der Waals surface area contributed by atoms with E-state index in [0.717, 1.165) is 17.6 Å². The van der Waals surface area contributed by atoms with E-state index in [4.69, 9.17) is 4.42 Å². The maximum absolute atomic E-state index is 14.9. The number of aromatic nitrogens is 2. The predicted molar refractivity (Wildman–Crippen MR) is 114 cm³/mol. The van der Waals surface area contributed by atoms with Crippen LogP contribution in [0.15, 0.2) is 46.9 Å². The number of anilines is 1. The van der Waals surface area contributed by atoms with Crippen molar-refractivity contribution in [3.8, 4) is 11.5 Å². The highest BCUT2D eigenvalue weighted by Crippen LogP contribution is 2.28. The van der Waals surface area contributed by atoms with Crippen molar-refractivity contribution in [1.29, 1.82) is 0 Å². The van der Waals surface area contributed by atoms with Gasteiger partial charge < -0.3 is 4.42 Å². The van der Waals surface area contributed by atoms with Gasteiger partial charge in [0.05, 0.1) is 12.2 Å². The smallest absolute Gasteiger partial charge is 0.314 e. The molecule has 0 radical (unpaired) electrons. The average molecular weight is 487 g/mol. The fourth-order valence-electron chi connectivity index (χ4n) is 3.11. The van der Waals surface area contributed by atoms with Gasteiger partial charge in [-0.2, -0.15) is 20.5 Å². The van der Waals surface area contributed by atoms with Crippen LogP contribution in [0.25, 0.3) is 11.5 Å². The molecule has 3 aromatic rings. The quantitative estimate of drug-likeness (QED) is 0.458. The van der Waals surface area contributed by atoms with E-state index in [1.165, 1.54) is 34.6 Å². The summed E-state index contributed by atoms with van der Waals surface area (Å²) in [7, 11) is 0. The number of hydrogen-bond acceptors (Lipinski definition) is 5. The van der Waals surface area contributed by atoms with Gasteiger partial charge in [0.25, 0.3) is 5.89 Å². The van der Waals surface area contributed by atoms with Crippen LogP contribution in [0.3, 0.4) is 0 Å². The fourth-order valence-corrected chi connectivity index (χ4v) is 5.56. The van der Waals surface area contributed by atoms with Crippen LogP contribution in [0.4, 0.5) is 23.2 Å². The number of nitrogens with zero attached hydrogens (tertiary/aromatic N) is 4. The van der Waals surface area contributed by atoms with E-state index in [9.17, 15) is 21.8 Å². The third-order valence-corrected chi connectivity index (χ3v) is 7.18. The Labute approximate surface area is 188 Å². The van der Waals surface area contributed by atoms with Gasteiger partial charge in [0.15, 0.2) is 11.2 Å². The van der Waals surface area contributed by atoms with Crippen molar-refractivity contribution < 1.29 is 26.2 Å². The molecule has 1 aliphatic rings. The molecule has 0 amide bonds. The van der Waals surface area contributed by atoms with Crippen LogP contribution in [-0.2, 0) is 17.7 Å². The summed E-state index contributed by atoms with van der Waals surface area (Å²) in [6.07, 6.45) is -2.93. The predicted octanol–water partition coefficient (Wildman–Crippen LogP) is 4.59. The highest BCUT2D eigenvalue weighted by Gasteiger charge is 2.25. The van der Waals surface area contributed by atoms with Crippen LogP contribution in [0, 0.1) is 11.6 Å². The monoisotopic (exact) mass is 486 g/mol. The Morgan fingerprint density at radius 1 is 1.12 bits per heavy atom. The van der Waals surface area contributed by atoms with Crippen molar-refractivity contribution in [2.75, 3.05) is 28.9 Å². The molecular formula is C20H18F4N4O2S2. The first-order valence-corrected chi connectivity index (χ1v) is 11.8. The van der Waals surface area contributed by atoms with E-state index in [2.05, 4.69) is 10.2 Å². The molecule has 2 heterocycles. The Morgan fingerprint density at radius 3 is 2.56 bits per heavy atom. The third kappa shape index (κ3) is 5.13. The highest BCUT2D eigenvalue weighted by molar-refractivity contribution is 7.99. The topological polar surface area (TPSA) is 62.5 Å². The van der Waals surface area contributed by atoms with Gasteiger partial charge in [-0.05, 0) is 30.3 Å². The number of thioether (sulfide) groups is 1. The first-order valence-electron chi connectivity index (χ1n) is 9.60. The summed E-state index contributed by atoms with van der Waals surface area (Å²) >= 11 is 0.0942. The zero-order valence-electron chi connectivity index (χ0n) is 16.6. The Bertz CT molecular complexity index is 1110. The summed E-state index contributed by atoms with van der Waals surface area (Å²) in [6, 6.07) is 9.58. The summed E-state index contributed by atoms with van der Waals surface area (Å²) in [5, 5.41) is 6.75. The zero-order chi connectivity index (χ0) is 22.7.